The molecule has 18 heavy (non-hydrogen) atoms. The molecule has 0 amide bonds. The first-order chi connectivity index (χ1) is 8.32. The number of rotatable bonds is 2. The van der Waals surface area contributed by atoms with E-state index in [2.05, 4.69) is 4.98 Å². The number of halogens is 3. The number of aliphatic hydroxyl groups is 1. The van der Waals surface area contributed by atoms with Crippen molar-refractivity contribution < 1.29 is 28.2 Å². The van der Waals surface area contributed by atoms with Crippen LogP contribution in [0.15, 0.2) is 24.4 Å². The zero-order chi connectivity index (χ0) is 13.5. The summed E-state index contributed by atoms with van der Waals surface area (Å²) in [6, 6.07) is 3.37. The minimum absolute atomic E-state index is 0.0414. The molecule has 7 heteroatoms. The van der Waals surface area contributed by atoms with Crippen LogP contribution in [0.2, 0.25) is 0 Å². The van der Waals surface area contributed by atoms with E-state index in [1.807, 2.05) is 0 Å². The zero-order valence-electron chi connectivity index (χ0n) is 8.82. The molecule has 0 aliphatic rings. The van der Waals surface area contributed by atoms with E-state index in [-0.39, 0.29) is 16.5 Å². The highest BCUT2D eigenvalue weighted by atomic mass is 19.4. The van der Waals surface area contributed by atoms with E-state index in [1.165, 1.54) is 6.07 Å². The smallest absolute Gasteiger partial charge is 0.418 e. The Morgan fingerprint density at radius 2 is 2.00 bits per heavy atom. The van der Waals surface area contributed by atoms with Gasteiger partial charge < -0.3 is 15.2 Å². The molecule has 1 aromatic heterocycles. The van der Waals surface area contributed by atoms with Crippen molar-refractivity contribution in [2.45, 2.75) is 12.3 Å². The number of carbonyl (C=O) groups is 1. The van der Waals surface area contributed by atoms with Crippen molar-refractivity contribution in [1.82, 2.24) is 4.98 Å². The van der Waals surface area contributed by atoms with Crippen LogP contribution in [0.4, 0.5) is 13.2 Å². The van der Waals surface area contributed by atoms with Crippen LogP contribution in [-0.2, 0) is 11.0 Å². The summed E-state index contributed by atoms with van der Waals surface area (Å²) in [4.78, 5) is 13.0. The van der Waals surface area contributed by atoms with Crippen molar-refractivity contribution in [1.29, 1.82) is 0 Å². The number of benzene rings is 1. The molecule has 0 radical (unpaired) electrons. The van der Waals surface area contributed by atoms with Crippen LogP contribution in [0, 0.1) is 0 Å². The molecular formula is C11H8F3NO3. The summed E-state index contributed by atoms with van der Waals surface area (Å²) in [6.45, 7) is 0. The van der Waals surface area contributed by atoms with Gasteiger partial charge in [-0.3, -0.25) is 0 Å². The highest BCUT2D eigenvalue weighted by molar-refractivity contribution is 5.90. The predicted molar refractivity (Wildman–Crippen MR) is 55.9 cm³/mol. The number of para-hydroxylation sites is 1. The average Bonchev–Trinajstić information content (AvgIpc) is 2.69. The number of aliphatic carboxylic acids is 1. The summed E-state index contributed by atoms with van der Waals surface area (Å²) < 4.78 is 38.1. The molecule has 0 aliphatic carbocycles. The highest BCUT2D eigenvalue weighted by Gasteiger charge is 2.34. The maximum Gasteiger partial charge on any atom is 0.418 e. The van der Waals surface area contributed by atoms with Gasteiger partial charge in [-0.25, -0.2) is 4.79 Å². The van der Waals surface area contributed by atoms with Gasteiger partial charge in [-0.15, -0.1) is 0 Å². The third kappa shape index (κ3) is 1.92. The number of nitrogens with one attached hydrogen (secondary N) is 1. The first-order valence-electron chi connectivity index (χ1n) is 4.90. The average molecular weight is 259 g/mol. The molecule has 2 rings (SSSR count). The molecule has 0 spiro atoms. The number of aromatic amines is 1. The molecular weight excluding hydrogens is 251 g/mol. The molecule has 0 aliphatic heterocycles. The van der Waals surface area contributed by atoms with Crippen LogP contribution in [0.25, 0.3) is 10.9 Å². The fraction of sp³-hybridized carbons (Fsp3) is 0.182. The number of hydrogen-bond donors (Lipinski definition) is 3. The third-order valence-corrected chi connectivity index (χ3v) is 2.58. The minimum Gasteiger partial charge on any atom is -0.479 e. The highest BCUT2D eigenvalue weighted by Crippen LogP contribution is 2.36. The SMILES string of the molecule is O=C(O)C(O)c1c[nH]c2c(C(F)(F)F)cccc12. The first kappa shape index (κ1) is 12.4. The standard InChI is InChI=1S/C11H8F3NO3/c12-11(13,14)7-3-1-2-5-6(4-15-8(5)7)9(16)10(17)18/h1-4,9,15-16H,(H,17,18). The van der Waals surface area contributed by atoms with E-state index in [1.54, 1.807) is 0 Å². The van der Waals surface area contributed by atoms with Crippen molar-refractivity contribution >= 4 is 16.9 Å². The lowest BCUT2D eigenvalue weighted by Crippen LogP contribution is -2.10. The maximum atomic E-state index is 12.7. The van der Waals surface area contributed by atoms with Gasteiger partial charge in [-0.05, 0) is 6.07 Å². The van der Waals surface area contributed by atoms with Gasteiger partial charge in [0.15, 0.2) is 6.10 Å². The van der Waals surface area contributed by atoms with Crippen molar-refractivity contribution in [3.05, 3.63) is 35.5 Å². The Bertz CT molecular complexity index is 603. The van der Waals surface area contributed by atoms with Gasteiger partial charge in [-0.1, -0.05) is 12.1 Å². The van der Waals surface area contributed by atoms with Crippen LogP contribution in [0.1, 0.15) is 17.2 Å². The molecule has 3 N–H and O–H groups in total. The van der Waals surface area contributed by atoms with Gasteiger partial charge >= 0.3 is 12.1 Å². The van der Waals surface area contributed by atoms with Crippen LogP contribution in [-0.4, -0.2) is 21.2 Å². The number of carboxylic acids is 1. The van der Waals surface area contributed by atoms with Gasteiger partial charge in [0, 0.05) is 17.1 Å². The van der Waals surface area contributed by atoms with E-state index in [4.69, 9.17) is 5.11 Å². The lowest BCUT2D eigenvalue weighted by Gasteiger charge is -2.08. The van der Waals surface area contributed by atoms with Crippen molar-refractivity contribution in [2.75, 3.05) is 0 Å². The molecule has 4 nitrogen and oxygen atoms in total. The molecule has 2 aromatic rings. The van der Waals surface area contributed by atoms with Gasteiger partial charge in [0.1, 0.15) is 0 Å². The molecule has 1 unspecified atom stereocenters. The van der Waals surface area contributed by atoms with Crippen molar-refractivity contribution in [3.63, 3.8) is 0 Å². The van der Waals surface area contributed by atoms with Crippen LogP contribution < -0.4 is 0 Å². The number of aliphatic hydroxyl groups excluding tert-OH is 1. The normalized spacial score (nSPS) is 13.8. The van der Waals surface area contributed by atoms with Gasteiger partial charge in [-0.2, -0.15) is 13.2 Å². The summed E-state index contributed by atoms with van der Waals surface area (Å²) in [6.07, 6.45) is -5.34. The Labute approximate surface area is 98.7 Å². The maximum absolute atomic E-state index is 12.7. The van der Waals surface area contributed by atoms with Gasteiger partial charge in [0.25, 0.3) is 0 Å². The predicted octanol–water partition coefficient (Wildman–Crippen LogP) is 2.30. The Morgan fingerprint density at radius 1 is 1.33 bits per heavy atom. The van der Waals surface area contributed by atoms with Crippen LogP contribution in [0.3, 0.4) is 0 Å². The number of alkyl halides is 3. The van der Waals surface area contributed by atoms with E-state index < -0.39 is 23.8 Å². The second-order valence-electron chi connectivity index (χ2n) is 3.71. The molecule has 0 fully saturated rings. The molecule has 1 atom stereocenters. The van der Waals surface area contributed by atoms with E-state index in [0.29, 0.717) is 0 Å². The molecule has 96 valence electrons. The Kier molecular flexibility index (Phi) is 2.78. The van der Waals surface area contributed by atoms with Crippen LogP contribution in [0.5, 0.6) is 0 Å². The molecule has 0 saturated carbocycles. The van der Waals surface area contributed by atoms with Crippen LogP contribution >= 0.6 is 0 Å². The second-order valence-corrected chi connectivity index (χ2v) is 3.71. The lowest BCUT2D eigenvalue weighted by molar-refractivity contribution is -0.146. The quantitative estimate of drug-likeness (QED) is 0.774. The minimum atomic E-state index is -4.55. The number of hydrogen-bond acceptors (Lipinski definition) is 2. The van der Waals surface area contributed by atoms with Gasteiger partial charge in [0.2, 0.25) is 0 Å². The molecule has 1 aromatic carbocycles. The third-order valence-electron chi connectivity index (χ3n) is 2.58. The monoisotopic (exact) mass is 259 g/mol. The second kappa shape index (κ2) is 4.02. The van der Waals surface area contributed by atoms with Crippen molar-refractivity contribution in [3.8, 4) is 0 Å². The summed E-state index contributed by atoms with van der Waals surface area (Å²) in [5.41, 5.74) is -1.23. The molecule has 0 bridgehead atoms. The van der Waals surface area contributed by atoms with Gasteiger partial charge in [0.05, 0.1) is 11.1 Å². The lowest BCUT2D eigenvalue weighted by atomic mass is 10.1. The fourth-order valence-corrected chi connectivity index (χ4v) is 1.77. The number of fused-ring (bicyclic) bond motifs is 1. The largest absolute Gasteiger partial charge is 0.479 e. The van der Waals surface area contributed by atoms with E-state index >= 15 is 0 Å². The summed E-state index contributed by atoms with van der Waals surface area (Å²) in [5, 5.41) is 18.1. The fourth-order valence-electron chi connectivity index (χ4n) is 1.77. The van der Waals surface area contributed by atoms with E-state index in [0.717, 1.165) is 18.3 Å². The first-order valence-corrected chi connectivity index (χ1v) is 4.90. The summed E-state index contributed by atoms with van der Waals surface area (Å²) in [5.74, 6) is -1.52. The molecule has 1 heterocycles. The zero-order valence-corrected chi connectivity index (χ0v) is 8.82. The Hall–Kier alpha value is -2.02. The molecule has 0 saturated heterocycles. The number of carboxylic acid groups (broad SMARTS) is 1. The number of H-pyrrole nitrogens is 1. The number of aromatic nitrogens is 1. The summed E-state index contributed by atoms with van der Waals surface area (Å²) >= 11 is 0. The topological polar surface area (TPSA) is 73.3 Å². The van der Waals surface area contributed by atoms with Crippen molar-refractivity contribution in [2.24, 2.45) is 0 Å². The Balaban J connectivity index is 2.66. The Morgan fingerprint density at radius 3 is 2.56 bits per heavy atom. The van der Waals surface area contributed by atoms with E-state index in [9.17, 15) is 23.1 Å². The summed E-state index contributed by atoms with van der Waals surface area (Å²) in [7, 11) is 0.